The van der Waals surface area contributed by atoms with Crippen molar-refractivity contribution in [3.8, 4) is 0 Å². The summed E-state index contributed by atoms with van der Waals surface area (Å²) in [6, 6.07) is 0. The Kier molecular flexibility index (Phi) is 9.18. The van der Waals surface area contributed by atoms with Gasteiger partial charge in [0.25, 0.3) is 0 Å². The van der Waals surface area contributed by atoms with Crippen LogP contribution in [0.5, 0.6) is 0 Å². The van der Waals surface area contributed by atoms with Crippen molar-refractivity contribution < 1.29 is 79.9 Å². The first-order chi connectivity index (χ1) is 16.0. The van der Waals surface area contributed by atoms with Crippen molar-refractivity contribution in [1.29, 1.82) is 0 Å². The molecular formula is C18H32O16. The molecule has 200 valence electrons. The zero-order valence-electron chi connectivity index (χ0n) is 17.8. The van der Waals surface area contributed by atoms with Gasteiger partial charge in [0.2, 0.25) is 5.79 Å². The van der Waals surface area contributed by atoms with Crippen LogP contribution >= 0.6 is 0 Å². The van der Waals surface area contributed by atoms with Gasteiger partial charge >= 0.3 is 0 Å². The van der Waals surface area contributed by atoms with E-state index in [2.05, 4.69) is 0 Å². The number of ether oxygens (including phenoxy) is 5. The molecule has 0 saturated carbocycles. The first-order valence-corrected chi connectivity index (χ1v) is 10.6. The third-order valence-electron chi connectivity index (χ3n) is 6.17. The topological polar surface area (TPSA) is 269 Å². The van der Waals surface area contributed by atoms with E-state index in [0.29, 0.717) is 0 Å². The maximum Gasteiger partial charge on any atom is 0.224 e. The largest absolute Gasteiger partial charge is 0.394 e. The Balaban J connectivity index is 1.87. The van der Waals surface area contributed by atoms with Crippen LogP contribution in [0.2, 0.25) is 0 Å². The highest BCUT2D eigenvalue weighted by Gasteiger charge is 2.61. The summed E-state index contributed by atoms with van der Waals surface area (Å²) in [5.74, 6) is -2.43. The lowest BCUT2D eigenvalue weighted by Gasteiger charge is -2.45. The molecule has 3 aliphatic rings. The Morgan fingerprint density at radius 2 is 1.03 bits per heavy atom. The monoisotopic (exact) mass is 504 g/mol. The van der Waals surface area contributed by atoms with Crippen LogP contribution in [-0.2, 0) is 23.7 Å². The first-order valence-electron chi connectivity index (χ1n) is 10.6. The number of aliphatic hydroxyl groups is 11. The van der Waals surface area contributed by atoms with Gasteiger partial charge < -0.3 is 79.9 Å². The average molecular weight is 504 g/mol. The van der Waals surface area contributed by atoms with Gasteiger partial charge in [-0.2, -0.15) is 0 Å². The highest BCUT2D eigenvalue weighted by Crippen LogP contribution is 2.39. The maximum atomic E-state index is 10.6. The molecule has 0 unspecified atom stereocenters. The van der Waals surface area contributed by atoms with Gasteiger partial charge in [-0.25, -0.2) is 0 Å². The number of hydrogen-bond donors (Lipinski definition) is 11. The van der Waals surface area contributed by atoms with Crippen LogP contribution in [0.15, 0.2) is 0 Å². The second kappa shape index (κ2) is 11.2. The third-order valence-corrected chi connectivity index (χ3v) is 6.17. The molecule has 3 saturated heterocycles. The highest BCUT2D eigenvalue weighted by atomic mass is 16.8. The summed E-state index contributed by atoms with van der Waals surface area (Å²) in [5, 5.41) is 109. The number of aliphatic hydroxyl groups excluding tert-OH is 11. The summed E-state index contributed by atoms with van der Waals surface area (Å²) in [5.41, 5.74) is 0. The van der Waals surface area contributed by atoms with Gasteiger partial charge in [0.15, 0.2) is 12.6 Å². The molecule has 34 heavy (non-hydrogen) atoms. The summed E-state index contributed by atoms with van der Waals surface area (Å²) in [6.07, 6.45) is -22.3. The predicted octanol–water partition coefficient (Wildman–Crippen LogP) is -7.57. The highest BCUT2D eigenvalue weighted by molar-refractivity contribution is 5.01. The molecule has 3 rings (SSSR count). The van der Waals surface area contributed by atoms with Crippen molar-refractivity contribution in [2.75, 3.05) is 26.4 Å². The normalized spacial score (nSPS) is 52.1. The first kappa shape index (κ1) is 27.9. The molecule has 0 aliphatic carbocycles. The lowest BCUT2D eigenvalue weighted by atomic mass is 9.98. The van der Waals surface area contributed by atoms with Crippen molar-refractivity contribution in [1.82, 2.24) is 0 Å². The van der Waals surface area contributed by atoms with Gasteiger partial charge in [-0.05, 0) is 0 Å². The molecular weight excluding hydrogens is 472 g/mol. The standard InChI is InChI=1S/C18H32O16/c19-1-5-8(23)11(26)13(28)16(30-5)32-15-10(25)7(3-21)33-18(15,4-22)34-17-14(29)12(27)9(24)6(2-20)31-17/h5-17,19-29H,1-4H2/t5-,6-,7-,8-,9-,10-,11+,12+,13-,14-,15+,16-,17-,18+/m0/s1. The number of hydrogen-bond acceptors (Lipinski definition) is 16. The fraction of sp³-hybridized carbons (Fsp3) is 1.00. The Morgan fingerprint density at radius 1 is 0.559 bits per heavy atom. The Labute approximate surface area is 192 Å². The summed E-state index contributed by atoms with van der Waals surface area (Å²) < 4.78 is 27.0. The molecule has 14 atom stereocenters. The van der Waals surface area contributed by atoms with Gasteiger partial charge in [-0.15, -0.1) is 0 Å². The van der Waals surface area contributed by atoms with Gasteiger partial charge in [-0.1, -0.05) is 0 Å². The Morgan fingerprint density at radius 3 is 1.50 bits per heavy atom. The van der Waals surface area contributed by atoms with Crippen LogP contribution < -0.4 is 0 Å². The summed E-state index contributed by atoms with van der Waals surface area (Å²) in [6.45, 7) is -3.49. The van der Waals surface area contributed by atoms with Crippen molar-refractivity contribution in [2.45, 2.75) is 85.5 Å². The van der Waals surface area contributed by atoms with Gasteiger partial charge in [0, 0.05) is 0 Å². The lowest BCUT2D eigenvalue weighted by Crippen LogP contribution is -2.64. The van der Waals surface area contributed by atoms with Crippen LogP contribution in [0.4, 0.5) is 0 Å². The molecule has 11 N–H and O–H groups in total. The minimum atomic E-state index is -2.43. The Hall–Kier alpha value is -0.640. The molecule has 0 aromatic heterocycles. The second-order valence-electron chi connectivity index (χ2n) is 8.37. The SMILES string of the molecule is OC[C@@H]1O[C@@H](O[C@@H]2[C@@H](O)[C@H](CO)O[C@]2(CO)O[C@@H]2O[C@@H](CO)[C@H](O)[C@@H](O)[C@@H]2O)[C@@H](O)[C@H](O)[C@H]1O. The van der Waals surface area contributed by atoms with Gasteiger partial charge in [0.1, 0.15) is 73.8 Å². The molecule has 0 amide bonds. The van der Waals surface area contributed by atoms with E-state index in [4.69, 9.17) is 23.7 Å². The third kappa shape index (κ3) is 4.96. The van der Waals surface area contributed by atoms with Crippen molar-refractivity contribution >= 4 is 0 Å². The quantitative estimate of drug-likeness (QED) is 0.146. The van der Waals surface area contributed by atoms with Crippen LogP contribution in [0.25, 0.3) is 0 Å². The molecule has 16 nitrogen and oxygen atoms in total. The maximum absolute atomic E-state index is 10.6. The molecule has 0 spiro atoms. The number of rotatable bonds is 8. The van der Waals surface area contributed by atoms with E-state index >= 15 is 0 Å². The fourth-order valence-electron chi connectivity index (χ4n) is 4.12. The second-order valence-corrected chi connectivity index (χ2v) is 8.37. The van der Waals surface area contributed by atoms with E-state index in [1.165, 1.54) is 0 Å². The smallest absolute Gasteiger partial charge is 0.224 e. The van der Waals surface area contributed by atoms with Crippen molar-refractivity contribution in [3.63, 3.8) is 0 Å². The van der Waals surface area contributed by atoms with Crippen molar-refractivity contribution in [2.24, 2.45) is 0 Å². The van der Waals surface area contributed by atoms with E-state index in [9.17, 15) is 56.2 Å². The molecule has 3 fully saturated rings. The van der Waals surface area contributed by atoms with Crippen LogP contribution in [-0.4, -0.2) is 168 Å². The molecule has 0 aromatic carbocycles. The van der Waals surface area contributed by atoms with E-state index in [1.807, 2.05) is 0 Å². The van der Waals surface area contributed by atoms with Crippen LogP contribution in [0.3, 0.4) is 0 Å². The zero-order chi connectivity index (χ0) is 25.4. The van der Waals surface area contributed by atoms with Gasteiger partial charge in [0.05, 0.1) is 19.8 Å². The van der Waals surface area contributed by atoms with Crippen molar-refractivity contribution in [3.05, 3.63) is 0 Å². The van der Waals surface area contributed by atoms with E-state index in [-0.39, 0.29) is 0 Å². The van der Waals surface area contributed by atoms with E-state index in [1.54, 1.807) is 0 Å². The molecule has 0 aromatic rings. The zero-order valence-corrected chi connectivity index (χ0v) is 17.8. The molecule has 0 bridgehead atoms. The molecule has 3 heterocycles. The summed E-state index contributed by atoms with van der Waals surface area (Å²) in [4.78, 5) is 0. The predicted molar refractivity (Wildman–Crippen MR) is 101 cm³/mol. The van der Waals surface area contributed by atoms with Crippen LogP contribution in [0.1, 0.15) is 0 Å². The molecule has 3 aliphatic heterocycles. The average Bonchev–Trinajstić information content (AvgIpc) is 3.10. The molecule has 0 radical (unpaired) electrons. The van der Waals surface area contributed by atoms with Gasteiger partial charge in [-0.3, -0.25) is 0 Å². The van der Waals surface area contributed by atoms with Crippen LogP contribution in [0, 0.1) is 0 Å². The lowest BCUT2D eigenvalue weighted by molar-refractivity contribution is -0.400. The Bertz CT molecular complexity index is 651. The summed E-state index contributed by atoms with van der Waals surface area (Å²) in [7, 11) is 0. The van der Waals surface area contributed by atoms with E-state index < -0.39 is 112 Å². The minimum absolute atomic E-state index is 0.777. The molecule has 16 heteroatoms. The van der Waals surface area contributed by atoms with E-state index in [0.717, 1.165) is 0 Å². The fourth-order valence-corrected chi connectivity index (χ4v) is 4.12. The summed E-state index contributed by atoms with van der Waals surface area (Å²) >= 11 is 0. The minimum Gasteiger partial charge on any atom is -0.394 e.